The maximum absolute atomic E-state index is 12.7. The molecule has 2 aromatic rings. The van der Waals surface area contributed by atoms with Gasteiger partial charge in [0.1, 0.15) is 0 Å². The molecule has 0 radical (unpaired) electrons. The van der Waals surface area contributed by atoms with Gasteiger partial charge in [0.05, 0.1) is 12.6 Å². The molecule has 28 heavy (non-hydrogen) atoms. The van der Waals surface area contributed by atoms with Crippen LogP contribution in [0.15, 0.2) is 53.5 Å². The lowest BCUT2D eigenvalue weighted by molar-refractivity contribution is 0.0975. The molecule has 1 heterocycles. The smallest absolute Gasteiger partial charge is 0.257 e. The van der Waals surface area contributed by atoms with Gasteiger partial charge in [-0.15, -0.1) is 0 Å². The van der Waals surface area contributed by atoms with Crippen molar-refractivity contribution in [2.24, 2.45) is 4.99 Å². The molecule has 148 valence electrons. The molecule has 2 N–H and O–H groups in total. The lowest BCUT2D eigenvalue weighted by Crippen LogP contribution is -2.36. The van der Waals surface area contributed by atoms with Gasteiger partial charge in [0.2, 0.25) is 5.96 Å². The quantitative estimate of drug-likeness (QED) is 0.584. The maximum Gasteiger partial charge on any atom is 0.257 e. The molecule has 1 amide bonds. The Morgan fingerprint density at radius 1 is 1.04 bits per heavy atom. The van der Waals surface area contributed by atoms with Gasteiger partial charge in [0, 0.05) is 17.9 Å². The van der Waals surface area contributed by atoms with E-state index in [1.807, 2.05) is 36.4 Å². The first-order valence-corrected chi connectivity index (χ1v) is 10.1. The molecule has 0 aliphatic carbocycles. The Morgan fingerprint density at radius 3 is 2.25 bits per heavy atom. The van der Waals surface area contributed by atoms with Crippen LogP contribution in [0.25, 0.3) is 0 Å². The van der Waals surface area contributed by atoms with Gasteiger partial charge in [-0.3, -0.25) is 10.1 Å². The van der Waals surface area contributed by atoms with Gasteiger partial charge in [-0.2, -0.15) is 0 Å². The van der Waals surface area contributed by atoms with E-state index in [0.717, 1.165) is 38.0 Å². The van der Waals surface area contributed by atoms with Crippen LogP contribution < -0.4 is 10.6 Å². The van der Waals surface area contributed by atoms with Crippen LogP contribution in [-0.4, -0.2) is 31.1 Å². The number of hydrogen-bond acceptors (Lipinski definition) is 3. The van der Waals surface area contributed by atoms with Crippen molar-refractivity contribution in [2.75, 3.05) is 18.5 Å². The highest BCUT2D eigenvalue weighted by Gasteiger charge is 2.16. The number of amides is 1. The first-order chi connectivity index (χ1) is 13.7. The largest absolute Gasteiger partial charge is 0.376 e. The molecule has 5 nitrogen and oxygen atoms in total. The van der Waals surface area contributed by atoms with E-state index in [1.165, 1.54) is 11.1 Å². The van der Waals surface area contributed by atoms with Gasteiger partial charge in [0.15, 0.2) is 0 Å². The number of anilines is 1. The number of ether oxygens (including phenoxy) is 1. The normalized spacial score (nSPS) is 16.8. The Bertz CT molecular complexity index is 792. The zero-order chi connectivity index (χ0) is 19.8. The molecule has 2 aromatic carbocycles. The van der Waals surface area contributed by atoms with E-state index in [0.29, 0.717) is 18.1 Å². The molecular formula is C23H29N3O2. The van der Waals surface area contributed by atoms with Crippen molar-refractivity contribution in [3.63, 3.8) is 0 Å². The number of aliphatic imine (C=N–C) groups is 1. The molecule has 1 unspecified atom stereocenters. The van der Waals surface area contributed by atoms with E-state index in [-0.39, 0.29) is 12.0 Å². The lowest BCUT2D eigenvalue weighted by atomic mass is 10.1. The molecule has 5 heteroatoms. The Morgan fingerprint density at radius 2 is 1.68 bits per heavy atom. The first kappa shape index (κ1) is 20.1. The number of benzene rings is 2. The highest BCUT2D eigenvalue weighted by molar-refractivity contribution is 6.09. The van der Waals surface area contributed by atoms with Crippen molar-refractivity contribution in [1.29, 1.82) is 0 Å². The van der Waals surface area contributed by atoms with Crippen molar-refractivity contribution in [3.8, 4) is 0 Å². The number of carbonyl (C=O) groups excluding carboxylic acids is 1. The average Bonchev–Trinajstić information content (AvgIpc) is 3.26. The second-order valence-electron chi connectivity index (χ2n) is 7.00. The summed E-state index contributed by atoms with van der Waals surface area (Å²) in [7, 11) is 0. The van der Waals surface area contributed by atoms with E-state index in [2.05, 4.69) is 41.6 Å². The molecule has 0 saturated carbocycles. The highest BCUT2D eigenvalue weighted by atomic mass is 16.5. The number of rotatable bonds is 6. The maximum atomic E-state index is 12.7. The highest BCUT2D eigenvalue weighted by Crippen LogP contribution is 2.13. The molecule has 0 aromatic heterocycles. The van der Waals surface area contributed by atoms with Crippen LogP contribution in [0.4, 0.5) is 5.69 Å². The Kier molecular flexibility index (Phi) is 7.20. The molecule has 1 aliphatic rings. The van der Waals surface area contributed by atoms with E-state index in [4.69, 9.17) is 4.74 Å². The van der Waals surface area contributed by atoms with Crippen molar-refractivity contribution < 1.29 is 9.53 Å². The van der Waals surface area contributed by atoms with Crippen LogP contribution in [0.2, 0.25) is 0 Å². The summed E-state index contributed by atoms with van der Waals surface area (Å²) in [6.45, 7) is 5.54. The van der Waals surface area contributed by atoms with Crippen molar-refractivity contribution >= 4 is 17.6 Å². The van der Waals surface area contributed by atoms with Gasteiger partial charge >= 0.3 is 0 Å². The molecule has 0 bridgehead atoms. The summed E-state index contributed by atoms with van der Waals surface area (Å²) in [6.07, 6.45) is 4.14. The van der Waals surface area contributed by atoms with Crippen molar-refractivity contribution in [1.82, 2.24) is 5.32 Å². The van der Waals surface area contributed by atoms with Crippen LogP contribution in [0.3, 0.4) is 0 Å². The van der Waals surface area contributed by atoms with E-state index in [1.54, 1.807) is 0 Å². The van der Waals surface area contributed by atoms with E-state index >= 15 is 0 Å². The SMILES string of the molecule is CCc1ccc(NC(=NCC2CCCO2)NC(=O)c2ccc(CC)cc2)cc1. The van der Waals surface area contributed by atoms with Crippen molar-refractivity contribution in [2.45, 2.75) is 45.6 Å². The Hall–Kier alpha value is -2.66. The second-order valence-corrected chi connectivity index (χ2v) is 7.00. The summed E-state index contributed by atoms with van der Waals surface area (Å²) in [5.41, 5.74) is 3.98. The van der Waals surface area contributed by atoms with Gasteiger partial charge < -0.3 is 10.1 Å². The predicted octanol–water partition coefficient (Wildman–Crippen LogP) is 4.19. The van der Waals surface area contributed by atoms with E-state index < -0.39 is 0 Å². The third-order valence-electron chi connectivity index (χ3n) is 4.96. The third-order valence-corrected chi connectivity index (χ3v) is 4.96. The van der Waals surface area contributed by atoms with Gasteiger partial charge in [-0.1, -0.05) is 38.1 Å². The molecule has 0 spiro atoms. The number of guanidine groups is 1. The molecule has 1 fully saturated rings. The third kappa shape index (κ3) is 5.67. The number of nitrogens with one attached hydrogen (secondary N) is 2. The molecule has 1 saturated heterocycles. The predicted molar refractivity (Wildman–Crippen MR) is 114 cm³/mol. The summed E-state index contributed by atoms with van der Waals surface area (Å²) in [6, 6.07) is 15.8. The number of hydrogen-bond donors (Lipinski definition) is 2. The zero-order valence-corrected chi connectivity index (χ0v) is 16.7. The minimum atomic E-state index is -0.175. The standard InChI is InChI=1S/C23H29N3O2/c1-3-17-7-11-19(12-8-17)22(27)26-23(24-16-21-6-5-15-28-21)25-20-13-9-18(4-2)10-14-20/h7-14,21H,3-6,15-16H2,1-2H3,(H2,24,25,26,27). The zero-order valence-electron chi connectivity index (χ0n) is 16.7. The van der Waals surface area contributed by atoms with Gasteiger partial charge in [-0.05, 0) is 61.1 Å². The summed E-state index contributed by atoms with van der Waals surface area (Å²) in [4.78, 5) is 17.3. The molecule has 1 atom stereocenters. The molecular weight excluding hydrogens is 350 g/mol. The van der Waals surface area contributed by atoms with Crippen LogP contribution >= 0.6 is 0 Å². The van der Waals surface area contributed by atoms with Gasteiger partial charge in [0.25, 0.3) is 5.91 Å². The molecule has 1 aliphatic heterocycles. The number of nitrogens with zero attached hydrogens (tertiary/aromatic N) is 1. The monoisotopic (exact) mass is 379 g/mol. The number of aryl methyl sites for hydroxylation is 2. The van der Waals surface area contributed by atoms with Crippen LogP contribution in [0.5, 0.6) is 0 Å². The van der Waals surface area contributed by atoms with E-state index in [9.17, 15) is 4.79 Å². The average molecular weight is 380 g/mol. The topological polar surface area (TPSA) is 62.7 Å². The van der Waals surface area contributed by atoms with Crippen LogP contribution in [0, 0.1) is 0 Å². The summed E-state index contributed by atoms with van der Waals surface area (Å²) < 4.78 is 5.65. The van der Waals surface area contributed by atoms with Crippen LogP contribution in [-0.2, 0) is 17.6 Å². The first-order valence-electron chi connectivity index (χ1n) is 10.1. The summed E-state index contributed by atoms with van der Waals surface area (Å²) in [5, 5.41) is 6.16. The Labute approximate surface area is 167 Å². The minimum absolute atomic E-state index is 0.125. The van der Waals surface area contributed by atoms with Gasteiger partial charge in [-0.25, -0.2) is 4.99 Å². The lowest BCUT2D eigenvalue weighted by Gasteiger charge is -2.14. The molecule has 3 rings (SSSR count). The second kappa shape index (κ2) is 10.0. The summed E-state index contributed by atoms with van der Waals surface area (Å²) >= 11 is 0. The summed E-state index contributed by atoms with van der Waals surface area (Å²) in [5.74, 6) is 0.274. The van der Waals surface area contributed by atoms with Crippen molar-refractivity contribution in [3.05, 3.63) is 65.2 Å². The fourth-order valence-corrected chi connectivity index (χ4v) is 3.12. The minimum Gasteiger partial charge on any atom is -0.376 e. The fourth-order valence-electron chi connectivity index (χ4n) is 3.12. The Balaban J connectivity index is 1.71. The fraction of sp³-hybridized carbons (Fsp3) is 0.391. The van der Waals surface area contributed by atoms with Crippen LogP contribution in [0.1, 0.15) is 48.2 Å². The number of carbonyl (C=O) groups is 1.